The van der Waals surface area contributed by atoms with E-state index in [0.717, 1.165) is 19.5 Å². The number of nitrogen functional groups attached to an aromatic ring is 1. The molecule has 0 amide bonds. The van der Waals surface area contributed by atoms with Crippen molar-refractivity contribution in [2.45, 2.75) is 13.0 Å². The number of hydrogen-bond acceptors (Lipinski definition) is 4. The largest absolute Gasteiger partial charge is 0.375 e. The van der Waals surface area contributed by atoms with Gasteiger partial charge < -0.3 is 10.6 Å². The molecule has 116 valence electrons. The molecule has 2 N–H and O–H groups in total. The molecule has 2 heterocycles. The maximum atomic E-state index is 8.00. The van der Waals surface area contributed by atoms with Gasteiger partial charge in [0.2, 0.25) is 0 Å². The number of rotatable bonds is 0. The number of thiazole rings is 1. The summed E-state index contributed by atoms with van der Waals surface area (Å²) in [6, 6.07) is 0. The molecule has 0 aliphatic carbocycles. The molecular weight excluding hydrogens is 310 g/mol. The van der Waals surface area contributed by atoms with Crippen molar-refractivity contribution in [2.75, 3.05) is 19.3 Å². The van der Waals surface area contributed by atoms with Crippen LogP contribution in [0.4, 0.5) is 41.7 Å². The molecule has 0 saturated heterocycles. The lowest BCUT2D eigenvalue weighted by Crippen LogP contribution is -2.25. The average Bonchev–Trinajstić information content (AvgIpc) is 2.87. The summed E-state index contributed by atoms with van der Waals surface area (Å²) in [4.78, 5) is 7.89. The Morgan fingerprint density at radius 3 is 2.00 bits per heavy atom. The minimum absolute atomic E-state index is 0.713. The number of aromatic nitrogens is 1. The lowest BCUT2D eigenvalue weighted by molar-refractivity contribution is 0.108. The van der Waals surface area contributed by atoms with E-state index in [-0.39, 0.29) is 0 Å². The fourth-order valence-corrected chi connectivity index (χ4v) is 2.30. The Morgan fingerprint density at radius 1 is 1.05 bits per heavy atom. The third-order valence-corrected chi connectivity index (χ3v) is 2.85. The highest BCUT2D eigenvalue weighted by atomic mass is 32.1. The molecule has 12 heteroatoms. The minimum atomic E-state index is 0.713. The molecule has 0 unspecified atom stereocenters. The Balaban J connectivity index is -0.000000278. The summed E-state index contributed by atoms with van der Waals surface area (Å²) in [7, 11) is 2.12. The van der Waals surface area contributed by atoms with Gasteiger partial charge in [0.05, 0.1) is 5.69 Å². The number of likely N-dealkylation sites (N-methyl/N-ethyl adjacent to an activating group) is 1. The SMILES string of the molecule is CN1CCc2nc(N)sc2C1.FF.FF.FF.FF. The van der Waals surface area contributed by atoms with E-state index in [1.54, 1.807) is 11.3 Å². The minimum Gasteiger partial charge on any atom is -0.375 e. The zero-order valence-corrected chi connectivity index (χ0v) is 10.3. The van der Waals surface area contributed by atoms with Crippen molar-refractivity contribution in [1.29, 1.82) is 0 Å². The van der Waals surface area contributed by atoms with E-state index < -0.39 is 0 Å². The van der Waals surface area contributed by atoms with Crippen molar-refractivity contribution in [3.63, 3.8) is 0 Å². The first kappa shape index (κ1) is 23.0. The third-order valence-electron chi connectivity index (χ3n) is 1.94. The molecule has 0 radical (unpaired) electrons. The summed E-state index contributed by atoms with van der Waals surface area (Å²) in [5.74, 6) is 0. The van der Waals surface area contributed by atoms with Gasteiger partial charge in [-0.1, -0.05) is 0 Å². The normalized spacial score (nSPS) is 11.8. The summed E-state index contributed by atoms with van der Waals surface area (Å²) in [6.45, 7) is 2.13. The van der Waals surface area contributed by atoms with E-state index in [4.69, 9.17) is 42.3 Å². The standard InChI is InChI=1S/C7H11N3S.4F2/c1-10-3-2-5-6(4-10)11-7(8)9-5;4*1-2/h2-4H2,1H3,(H2,8,9);;;;. The van der Waals surface area contributed by atoms with Gasteiger partial charge in [0, 0.05) is 61.0 Å². The Hall–Kier alpha value is -1.17. The van der Waals surface area contributed by atoms with Crippen LogP contribution in [-0.2, 0) is 13.0 Å². The molecule has 1 aliphatic heterocycles. The first-order chi connectivity index (χ1) is 9.25. The Labute approximate surface area is 107 Å². The molecule has 0 fully saturated rings. The second kappa shape index (κ2) is 16.8. The molecule has 0 bridgehead atoms. The van der Waals surface area contributed by atoms with E-state index in [0.29, 0.717) is 5.13 Å². The van der Waals surface area contributed by atoms with Gasteiger partial charge in [0.15, 0.2) is 5.13 Å². The molecule has 19 heavy (non-hydrogen) atoms. The molecule has 1 aromatic rings. The lowest BCUT2D eigenvalue weighted by atomic mass is 10.2. The maximum absolute atomic E-state index is 8.00. The van der Waals surface area contributed by atoms with E-state index in [1.165, 1.54) is 10.6 Å². The highest BCUT2D eigenvalue weighted by molar-refractivity contribution is 7.15. The van der Waals surface area contributed by atoms with Crippen LogP contribution < -0.4 is 5.73 Å². The zero-order valence-electron chi connectivity index (χ0n) is 9.53. The smallest absolute Gasteiger partial charge is 0.180 e. The molecule has 2 rings (SSSR count). The molecule has 0 aromatic carbocycles. The van der Waals surface area contributed by atoms with E-state index in [2.05, 4.69) is 16.9 Å². The highest BCUT2D eigenvalue weighted by Gasteiger charge is 2.16. The molecule has 1 aromatic heterocycles. The number of hydrogen-bond donors (Lipinski definition) is 1. The summed E-state index contributed by atoms with van der Waals surface area (Å²) in [5, 5.41) is 0.713. The van der Waals surface area contributed by atoms with Gasteiger partial charge in [0.1, 0.15) is 0 Å². The predicted octanol–water partition coefficient (Wildman–Crippen LogP) is 4.07. The van der Waals surface area contributed by atoms with Crippen LogP contribution in [-0.4, -0.2) is 23.5 Å². The second-order valence-corrected chi connectivity index (χ2v) is 4.02. The van der Waals surface area contributed by atoms with Crippen molar-refractivity contribution in [3.8, 4) is 0 Å². The van der Waals surface area contributed by atoms with Gasteiger partial charge in [-0.05, 0) is 7.05 Å². The summed E-state index contributed by atoms with van der Waals surface area (Å²) in [5.41, 5.74) is 6.81. The van der Waals surface area contributed by atoms with Crippen LogP contribution in [0.2, 0.25) is 0 Å². The second-order valence-electron chi connectivity index (χ2n) is 2.91. The van der Waals surface area contributed by atoms with Crippen molar-refractivity contribution in [1.82, 2.24) is 9.88 Å². The van der Waals surface area contributed by atoms with Gasteiger partial charge in [0.25, 0.3) is 0 Å². The average molecular weight is 321 g/mol. The number of nitrogens with zero attached hydrogens (tertiary/aromatic N) is 2. The molecule has 1 aliphatic rings. The van der Waals surface area contributed by atoms with Crippen molar-refractivity contribution < 1.29 is 36.6 Å². The lowest BCUT2D eigenvalue weighted by Gasteiger charge is -2.20. The van der Waals surface area contributed by atoms with E-state index >= 15 is 0 Å². The quantitative estimate of drug-likeness (QED) is 0.732. The monoisotopic (exact) mass is 321 g/mol. The zero-order chi connectivity index (χ0) is 15.8. The number of halogens is 8. The van der Waals surface area contributed by atoms with Crippen molar-refractivity contribution >= 4 is 16.5 Å². The summed E-state index contributed by atoms with van der Waals surface area (Å²) in [6.07, 6.45) is 1.06. The topological polar surface area (TPSA) is 42.2 Å². The molecule has 0 spiro atoms. The van der Waals surface area contributed by atoms with Crippen molar-refractivity contribution in [3.05, 3.63) is 10.6 Å². The van der Waals surface area contributed by atoms with Gasteiger partial charge >= 0.3 is 0 Å². The van der Waals surface area contributed by atoms with E-state index in [9.17, 15) is 0 Å². The first-order valence-corrected chi connectivity index (χ1v) is 5.07. The highest BCUT2D eigenvalue weighted by Crippen LogP contribution is 2.25. The van der Waals surface area contributed by atoms with Crippen LogP contribution in [0, 0.1) is 0 Å². The summed E-state index contributed by atoms with van der Waals surface area (Å²) >= 11 is 1.62. The fraction of sp³-hybridized carbons (Fsp3) is 0.571. The molecule has 0 saturated carbocycles. The first-order valence-electron chi connectivity index (χ1n) is 4.25. The Bertz CT molecular complexity index is 287. The van der Waals surface area contributed by atoms with Gasteiger partial charge in [-0.25, -0.2) is 4.98 Å². The van der Waals surface area contributed by atoms with Crippen LogP contribution in [0.15, 0.2) is 0 Å². The van der Waals surface area contributed by atoms with Crippen LogP contribution in [0.3, 0.4) is 0 Å². The molecule has 3 nitrogen and oxygen atoms in total. The van der Waals surface area contributed by atoms with Crippen LogP contribution in [0.5, 0.6) is 0 Å². The maximum Gasteiger partial charge on any atom is 0.180 e. The number of nitrogens with two attached hydrogens (primary N) is 1. The summed E-state index contributed by atoms with van der Waals surface area (Å²) < 4.78 is 64.0. The van der Waals surface area contributed by atoms with Gasteiger partial charge in [-0.3, -0.25) is 0 Å². The van der Waals surface area contributed by atoms with Crippen LogP contribution in [0.25, 0.3) is 0 Å². The predicted molar refractivity (Wildman–Crippen MR) is 55.4 cm³/mol. The van der Waals surface area contributed by atoms with Crippen LogP contribution in [0.1, 0.15) is 10.6 Å². The van der Waals surface area contributed by atoms with Crippen LogP contribution >= 0.6 is 11.3 Å². The fourth-order valence-electron chi connectivity index (χ4n) is 1.34. The number of fused-ring (bicyclic) bond motifs is 1. The third kappa shape index (κ3) is 9.41. The van der Waals surface area contributed by atoms with E-state index in [1.807, 2.05) is 0 Å². The molecule has 0 atom stereocenters. The van der Waals surface area contributed by atoms with Crippen molar-refractivity contribution in [2.24, 2.45) is 0 Å². The molecular formula is C7H11F8N3S. The van der Waals surface area contributed by atoms with Gasteiger partial charge in [-0.2, -0.15) is 0 Å². The number of anilines is 1. The Kier molecular flexibility index (Phi) is 20.3. The Morgan fingerprint density at radius 2 is 1.53 bits per heavy atom. The van der Waals surface area contributed by atoms with Gasteiger partial charge in [-0.15, -0.1) is 11.3 Å².